The molecule has 0 bridgehead atoms. The number of carbonyl (C=O) groups is 1. The lowest BCUT2D eigenvalue weighted by Gasteiger charge is -2.10. The second-order valence-corrected chi connectivity index (χ2v) is 4.34. The van der Waals surface area contributed by atoms with Crippen molar-refractivity contribution in [2.75, 3.05) is 14.2 Å². The van der Waals surface area contributed by atoms with Gasteiger partial charge in [0.2, 0.25) is 5.91 Å². The topological polar surface area (TPSA) is 63.3 Å². The van der Waals surface area contributed by atoms with E-state index in [1.165, 1.54) is 0 Å². The van der Waals surface area contributed by atoms with Crippen molar-refractivity contribution in [2.45, 2.75) is 13.0 Å². The van der Waals surface area contributed by atoms with Gasteiger partial charge in [-0.2, -0.15) is 0 Å². The van der Waals surface area contributed by atoms with Crippen LogP contribution in [0.5, 0.6) is 11.5 Å². The predicted molar refractivity (Wildman–Crippen MR) is 75.9 cm³/mol. The molecule has 5 nitrogen and oxygen atoms in total. The first kappa shape index (κ1) is 14.0. The Kier molecular flexibility index (Phi) is 4.65. The highest BCUT2D eigenvalue weighted by Gasteiger charge is 2.07. The Hall–Kier alpha value is -2.43. The van der Waals surface area contributed by atoms with E-state index in [0.717, 1.165) is 11.3 Å². The second kappa shape index (κ2) is 6.65. The molecular weight excluding hydrogens is 256 g/mol. The molecule has 1 amide bonds. The van der Waals surface area contributed by atoms with Crippen LogP contribution in [-0.2, 0) is 17.8 Å². The van der Waals surface area contributed by atoms with Gasteiger partial charge in [0.05, 0.1) is 20.6 Å². The van der Waals surface area contributed by atoms with Gasteiger partial charge in [0.25, 0.3) is 0 Å². The van der Waals surface area contributed by atoms with Crippen molar-refractivity contribution in [1.29, 1.82) is 0 Å². The number of hydrogen-bond acceptors (Lipinski definition) is 3. The molecule has 0 spiro atoms. The summed E-state index contributed by atoms with van der Waals surface area (Å²) >= 11 is 0. The molecule has 1 heterocycles. The molecule has 1 aromatic heterocycles. The fourth-order valence-corrected chi connectivity index (χ4v) is 1.90. The maximum absolute atomic E-state index is 11.8. The summed E-state index contributed by atoms with van der Waals surface area (Å²) in [5, 5.41) is 2.87. The van der Waals surface area contributed by atoms with Gasteiger partial charge in [0.1, 0.15) is 0 Å². The van der Waals surface area contributed by atoms with Crippen LogP contribution in [0, 0.1) is 0 Å². The quantitative estimate of drug-likeness (QED) is 0.845. The molecule has 2 N–H and O–H groups in total. The summed E-state index contributed by atoms with van der Waals surface area (Å²) in [5.41, 5.74) is 1.86. The smallest absolute Gasteiger partial charge is 0.226 e. The monoisotopic (exact) mass is 274 g/mol. The van der Waals surface area contributed by atoms with E-state index in [1.54, 1.807) is 20.4 Å². The van der Waals surface area contributed by atoms with Crippen LogP contribution in [0.1, 0.15) is 11.3 Å². The lowest BCUT2D eigenvalue weighted by Crippen LogP contribution is -2.24. The highest BCUT2D eigenvalue weighted by molar-refractivity contribution is 5.78. The minimum atomic E-state index is -0.0257. The van der Waals surface area contributed by atoms with Crippen molar-refractivity contribution in [1.82, 2.24) is 10.3 Å². The fraction of sp³-hybridized carbons (Fsp3) is 0.267. The third-order valence-corrected chi connectivity index (χ3v) is 2.95. The van der Waals surface area contributed by atoms with Gasteiger partial charge in [-0.1, -0.05) is 6.07 Å². The first-order chi connectivity index (χ1) is 9.72. The normalized spacial score (nSPS) is 10.1. The van der Waals surface area contributed by atoms with Crippen molar-refractivity contribution in [2.24, 2.45) is 0 Å². The van der Waals surface area contributed by atoms with Gasteiger partial charge in [-0.05, 0) is 29.8 Å². The maximum Gasteiger partial charge on any atom is 0.226 e. The van der Waals surface area contributed by atoms with E-state index in [-0.39, 0.29) is 5.91 Å². The highest BCUT2D eigenvalue weighted by Crippen LogP contribution is 2.27. The molecule has 0 aliphatic rings. The molecular formula is C15H18N2O3. The summed E-state index contributed by atoms with van der Waals surface area (Å²) in [6.45, 7) is 0.458. The van der Waals surface area contributed by atoms with Crippen LogP contribution in [0.25, 0.3) is 0 Å². The molecule has 106 valence electrons. The van der Waals surface area contributed by atoms with Crippen molar-refractivity contribution in [3.63, 3.8) is 0 Å². The average Bonchev–Trinajstić information content (AvgIpc) is 2.97. The van der Waals surface area contributed by atoms with Gasteiger partial charge >= 0.3 is 0 Å². The summed E-state index contributed by atoms with van der Waals surface area (Å²) < 4.78 is 10.4. The second-order valence-electron chi connectivity index (χ2n) is 4.34. The number of hydrogen-bond donors (Lipinski definition) is 2. The summed E-state index contributed by atoms with van der Waals surface area (Å²) in [6.07, 6.45) is 2.15. The van der Waals surface area contributed by atoms with Crippen LogP contribution in [0.3, 0.4) is 0 Å². The molecule has 0 unspecified atom stereocenters. The molecule has 0 atom stereocenters. The maximum atomic E-state index is 11.8. The molecule has 0 aliphatic heterocycles. The van der Waals surface area contributed by atoms with E-state index in [9.17, 15) is 4.79 Å². The van der Waals surface area contributed by atoms with Crippen LogP contribution in [0.2, 0.25) is 0 Å². The number of methoxy groups -OCH3 is 2. The van der Waals surface area contributed by atoms with Gasteiger partial charge in [-0.25, -0.2) is 0 Å². The minimum Gasteiger partial charge on any atom is -0.493 e. The lowest BCUT2D eigenvalue weighted by molar-refractivity contribution is -0.120. The molecule has 2 aromatic rings. The van der Waals surface area contributed by atoms with Crippen molar-refractivity contribution < 1.29 is 14.3 Å². The first-order valence-electron chi connectivity index (χ1n) is 6.33. The number of carbonyl (C=O) groups excluding carboxylic acids is 1. The van der Waals surface area contributed by atoms with E-state index >= 15 is 0 Å². The van der Waals surface area contributed by atoms with Crippen LogP contribution in [0.4, 0.5) is 0 Å². The van der Waals surface area contributed by atoms with E-state index in [2.05, 4.69) is 10.3 Å². The fourth-order valence-electron chi connectivity index (χ4n) is 1.90. The summed E-state index contributed by atoms with van der Waals surface area (Å²) in [4.78, 5) is 14.8. The van der Waals surface area contributed by atoms with Gasteiger partial charge in [-0.15, -0.1) is 0 Å². The molecule has 0 aliphatic carbocycles. The van der Waals surface area contributed by atoms with Crippen molar-refractivity contribution >= 4 is 5.91 Å². The van der Waals surface area contributed by atoms with Crippen LogP contribution >= 0.6 is 0 Å². The van der Waals surface area contributed by atoms with E-state index < -0.39 is 0 Å². The summed E-state index contributed by atoms with van der Waals surface area (Å²) in [6, 6.07) is 9.34. The van der Waals surface area contributed by atoms with Crippen LogP contribution < -0.4 is 14.8 Å². The van der Waals surface area contributed by atoms with Crippen LogP contribution in [0.15, 0.2) is 36.5 Å². The Morgan fingerprint density at radius 1 is 1.20 bits per heavy atom. The van der Waals surface area contributed by atoms with Gasteiger partial charge in [0, 0.05) is 18.4 Å². The number of aromatic amines is 1. The van der Waals surface area contributed by atoms with Crippen molar-refractivity contribution in [3.8, 4) is 11.5 Å². The molecule has 0 fully saturated rings. The lowest BCUT2D eigenvalue weighted by atomic mass is 10.2. The number of benzene rings is 1. The zero-order valence-electron chi connectivity index (χ0n) is 11.6. The van der Waals surface area contributed by atoms with Crippen LogP contribution in [-0.4, -0.2) is 25.1 Å². The molecule has 0 saturated heterocycles. The third kappa shape index (κ3) is 3.54. The Morgan fingerprint density at radius 2 is 2.00 bits per heavy atom. The number of amides is 1. The Balaban J connectivity index is 1.92. The average molecular weight is 274 g/mol. The van der Waals surface area contributed by atoms with Crippen molar-refractivity contribution in [3.05, 3.63) is 47.8 Å². The molecule has 2 rings (SSSR count). The van der Waals surface area contributed by atoms with Gasteiger partial charge in [-0.3, -0.25) is 4.79 Å². The Morgan fingerprint density at radius 3 is 2.65 bits per heavy atom. The highest BCUT2D eigenvalue weighted by atomic mass is 16.5. The third-order valence-electron chi connectivity index (χ3n) is 2.95. The number of rotatable bonds is 6. The van der Waals surface area contributed by atoms with Gasteiger partial charge in [0.15, 0.2) is 11.5 Å². The molecule has 5 heteroatoms. The van der Waals surface area contributed by atoms with E-state index in [0.29, 0.717) is 24.5 Å². The molecule has 0 radical (unpaired) electrons. The predicted octanol–water partition coefficient (Wildman–Crippen LogP) is 1.89. The Labute approximate surface area is 117 Å². The zero-order valence-corrected chi connectivity index (χ0v) is 11.6. The summed E-state index contributed by atoms with van der Waals surface area (Å²) in [5.74, 6) is 1.31. The zero-order chi connectivity index (χ0) is 14.4. The first-order valence-corrected chi connectivity index (χ1v) is 6.33. The minimum absolute atomic E-state index is 0.0257. The van der Waals surface area contributed by atoms with E-state index in [1.807, 2.05) is 30.3 Å². The standard InChI is InChI=1S/C15H18N2O3/c1-19-13-6-5-11(8-14(13)20-2)10-17-15(18)9-12-4-3-7-16-12/h3-8,16H,9-10H2,1-2H3,(H,17,18). The SMILES string of the molecule is COc1ccc(CNC(=O)Cc2ccc[nH]2)cc1OC. The number of ether oxygens (including phenoxy) is 2. The number of aromatic nitrogens is 1. The Bertz CT molecular complexity index is 565. The molecule has 1 aromatic carbocycles. The number of H-pyrrole nitrogens is 1. The molecule has 20 heavy (non-hydrogen) atoms. The van der Waals surface area contributed by atoms with Gasteiger partial charge < -0.3 is 19.8 Å². The largest absolute Gasteiger partial charge is 0.493 e. The van der Waals surface area contributed by atoms with E-state index in [4.69, 9.17) is 9.47 Å². The summed E-state index contributed by atoms with van der Waals surface area (Å²) in [7, 11) is 3.18. The number of nitrogens with one attached hydrogen (secondary N) is 2. The molecule has 0 saturated carbocycles.